The quantitative estimate of drug-likeness (QED) is 0.620. The molecule has 0 saturated heterocycles. The van der Waals surface area contributed by atoms with Gasteiger partial charge in [-0.25, -0.2) is 0 Å². The minimum absolute atomic E-state index is 0.114. The topological polar surface area (TPSA) is 49.7 Å². The molecule has 1 atom stereocenters. The summed E-state index contributed by atoms with van der Waals surface area (Å²) in [5, 5.41) is 18.9. The maximum atomic E-state index is 10.1. The number of rotatable bonds is 6. The van der Waals surface area contributed by atoms with E-state index in [4.69, 9.17) is 9.84 Å². The minimum atomic E-state index is -0.669. The molecule has 1 unspecified atom stereocenters. The van der Waals surface area contributed by atoms with E-state index in [1.807, 2.05) is 36.4 Å². The van der Waals surface area contributed by atoms with E-state index in [1.54, 1.807) is 0 Å². The second-order valence-electron chi connectivity index (χ2n) is 5.47. The number of hydrogen-bond donors (Lipinski definition) is 2. The lowest BCUT2D eigenvalue weighted by Crippen LogP contribution is -2.27. The maximum absolute atomic E-state index is 10.1. The number of benzene rings is 1. The van der Waals surface area contributed by atoms with Crippen molar-refractivity contribution < 1.29 is 14.9 Å². The van der Waals surface area contributed by atoms with Crippen molar-refractivity contribution in [3.8, 4) is 0 Å². The van der Waals surface area contributed by atoms with Gasteiger partial charge in [0.1, 0.15) is 0 Å². The fraction of sp³-hybridized carbons (Fsp3) is 0.529. The third-order valence-corrected chi connectivity index (χ3v) is 4.00. The molecule has 0 aliphatic heterocycles. The fourth-order valence-electron chi connectivity index (χ4n) is 2.77. The van der Waals surface area contributed by atoms with E-state index in [0.717, 1.165) is 31.2 Å². The van der Waals surface area contributed by atoms with Gasteiger partial charge < -0.3 is 14.9 Å². The van der Waals surface area contributed by atoms with Crippen molar-refractivity contribution in [1.29, 1.82) is 0 Å². The highest BCUT2D eigenvalue weighted by atomic mass is 16.6. The molecular formula is C17H24O3. The van der Waals surface area contributed by atoms with Crippen LogP contribution in [0, 0.1) is 11.8 Å². The highest BCUT2D eigenvalue weighted by Crippen LogP contribution is 2.32. The van der Waals surface area contributed by atoms with Crippen molar-refractivity contribution in [1.82, 2.24) is 0 Å². The minimum Gasteiger partial charge on any atom is -0.392 e. The zero-order valence-corrected chi connectivity index (χ0v) is 11.8. The summed E-state index contributed by atoms with van der Waals surface area (Å²) in [6, 6.07) is 9.93. The molecule has 0 radical (unpaired) electrons. The lowest BCUT2D eigenvalue weighted by molar-refractivity contribution is -0.149. The Bertz CT molecular complexity index is 394. The average molecular weight is 276 g/mol. The van der Waals surface area contributed by atoms with Gasteiger partial charge in [0.15, 0.2) is 6.29 Å². The van der Waals surface area contributed by atoms with E-state index >= 15 is 0 Å². The first-order valence-electron chi connectivity index (χ1n) is 7.40. The summed E-state index contributed by atoms with van der Waals surface area (Å²) >= 11 is 0. The molecule has 0 aromatic heterocycles. The molecule has 110 valence electrons. The van der Waals surface area contributed by atoms with Gasteiger partial charge in [-0.2, -0.15) is 0 Å². The van der Waals surface area contributed by atoms with Crippen molar-refractivity contribution >= 4 is 0 Å². The molecule has 20 heavy (non-hydrogen) atoms. The predicted octanol–water partition coefficient (Wildman–Crippen LogP) is 2.88. The summed E-state index contributed by atoms with van der Waals surface area (Å²) < 4.78 is 5.58. The number of ether oxygens (including phenoxy) is 1. The summed E-state index contributed by atoms with van der Waals surface area (Å²) in [4.78, 5) is 0. The number of hydrogen-bond acceptors (Lipinski definition) is 3. The lowest BCUT2D eigenvalue weighted by Gasteiger charge is -2.30. The molecular weight excluding hydrogens is 252 g/mol. The van der Waals surface area contributed by atoms with Gasteiger partial charge in [-0.05, 0) is 37.2 Å². The van der Waals surface area contributed by atoms with Crippen LogP contribution in [-0.2, 0) is 11.3 Å². The Morgan fingerprint density at radius 3 is 2.50 bits per heavy atom. The van der Waals surface area contributed by atoms with Crippen LogP contribution in [0.25, 0.3) is 0 Å². The standard InChI is InChI=1S/C17H24O3/c18-12-4-7-14-8-10-16(11-9-14)17(19)20-13-15-5-2-1-3-6-15/h1-7,14,16-19H,8-13H2/b7-4+. The first-order valence-corrected chi connectivity index (χ1v) is 7.40. The van der Waals surface area contributed by atoms with Gasteiger partial charge >= 0.3 is 0 Å². The molecule has 0 bridgehead atoms. The number of aliphatic hydroxyl groups excluding tert-OH is 2. The smallest absolute Gasteiger partial charge is 0.157 e. The second kappa shape index (κ2) is 8.20. The van der Waals surface area contributed by atoms with Crippen molar-refractivity contribution in [2.75, 3.05) is 6.61 Å². The van der Waals surface area contributed by atoms with E-state index in [2.05, 4.69) is 6.08 Å². The summed E-state index contributed by atoms with van der Waals surface area (Å²) in [5.41, 5.74) is 1.09. The molecule has 2 N–H and O–H groups in total. The van der Waals surface area contributed by atoms with Crippen LogP contribution in [0.1, 0.15) is 31.2 Å². The van der Waals surface area contributed by atoms with Gasteiger partial charge in [-0.1, -0.05) is 42.5 Å². The highest BCUT2D eigenvalue weighted by Gasteiger charge is 2.25. The Morgan fingerprint density at radius 2 is 1.85 bits per heavy atom. The van der Waals surface area contributed by atoms with Crippen LogP contribution in [-0.4, -0.2) is 23.1 Å². The summed E-state index contributed by atoms with van der Waals surface area (Å²) in [6.45, 7) is 0.578. The zero-order chi connectivity index (χ0) is 14.2. The van der Waals surface area contributed by atoms with Gasteiger partial charge in [-0.15, -0.1) is 0 Å². The van der Waals surface area contributed by atoms with E-state index in [-0.39, 0.29) is 12.5 Å². The Hall–Kier alpha value is -1.16. The maximum Gasteiger partial charge on any atom is 0.157 e. The average Bonchev–Trinajstić information content (AvgIpc) is 2.52. The van der Waals surface area contributed by atoms with Crippen LogP contribution in [0.5, 0.6) is 0 Å². The van der Waals surface area contributed by atoms with Crippen LogP contribution >= 0.6 is 0 Å². The van der Waals surface area contributed by atoms with Crippen LogP contribution < -0.4 is 0 Å². The van der Waals surface area contributed by atoms with Crippen LogP contribution in [0.15, 0.2) is 42.5 Å². The molecule has 0 amide bonds. The SMILES string of the molecule is OC/C=C/C1CCC(C(O)OCc2ccccc2)CC1. The zero-order valence-electron chi connectivity index (χ0n) is 11.8. The van der Waals surface area contributed by atoms with Crippen molar-refractivity contribution in [3.63, 3.8) is 0 Å². The molecule has 3 heteroatoms. The summed E-state index contributed by atoms with van der Waals surface area (Å²) in [7, 11) is 0. The summed E-state index contributed by atoms with van der Waals surface area (Å²) in [5.74, 6) is 0.775. The van der Waals surface area contributed by atoms with E-state index in [9.17, 15) is 5.11 Å². The molecule has 1 saturated carbocycles. The van der Waals surface area contributed by atoms with Crippen molar-refractivity contribution in [3.05, 3.63) is 48.0 Å². The van der Waals surface area contributed by atoms with Gasteiger partial charge in [0.25, 0.3) is 0 Å². The Balaban J connectivity index is 1.72. The largest absolute Gasteiger partial charge is 0.392 e. The van der Waals surface area contributed by atoms with Crippen molar-refractivity contribution in [2.24, 2.45) is 11.8 Å². The van der Waals surface area contributed by atoms with Crippen LogP contribution in [0.2, 0.25) is 0 Å². The number of aliphatic hydroxyl groups is 2. The van der Waals surface area contributed by atoms with Gasteiger partial charge in [0, 0.05) is 5.92 Å². The summed E-state index contributed by atoms with van der Waals surface area (Å²) in [6.07, 6.45) is 7.32. The van der Waals surface area contributed by atoms with E-state index < -0.39 is 6.29 Å². The first-order chi connectivity index (χ1) is 9.79. The molecule has 1 aliphatic carbocycles. The van der Waals surface area contributed by atoms with E-state index in [0.29, 0.717) is 12.5 Å². The third-order valence-electron chi connectivity index (χ3n) is 4.00. The monoisotopic (exact) mass is 276 g/mol. The molecule has 2 rings (SSSR count). The molecule has 1 aliphatic rings. The Labute approximate surface area is 120 Å². The van der Waals surface area contributed by atoms with Gasteiger partial charge in [0.2, 0.25) is 0 Å². The Kier molecular flexibility index (Phi) is 6.25. The molecule has 3 nitrogen and oxygen atoms in total. The molecule has 1 fully saturated rings. The second-order valence-corrected chi connectivity index (χ2v) is 5.47. The molecule has 1 aromatic rings. The fourth-order valence-corrected chi connectivity index (χ4v) is 2.77. The van der Waals surface area contributed by atoms with Gasteiger partial charge in [0.05, 0.1) is 13.2 Å². The first kappa shape index (κ1) is 15.2. The van der Waals surface area contributed by atoms with Gasteiger partial charge in [-0.3, -0.25) is 0 Å². The lowest BCUT2D eigenvalue weighted by atomic mass is 9.81. The van der Waals surface area contributed by atoms with E-state index in [1.165, 1.54) is 0 Å². The third kappa shape index (κ3) is 4.75. The predicted molar refractivity (Wildman–Crippen MR) is 78.9 cm³/mol. The number of allylic oxidation sites excluding steroid dienone is 1. The Morgan fingerprint density at radius 1 is 1.15 bits per heavy atom. The molecule has 0 spiro atoms. The molecule has 1 aromatic carbocycles. The normalized spacial score (nSPS) is 24.9. The van der Waals surface area contributed by atoms with Crippen LogP contribution in [0.4, 0.5) is 0 Å². The van der Waals surface area contributed by atoms with Crippen molar-refractivity contribution in [2.45, 2.75) is 38.6 Å². The van der Waals surface area contributed by atoms with Crippen LogP contribution in [0.3, 0.4) is 0 Å². The molecule has 0 heterocycles. The highest BCUT2D eigenvalue weighted by molar-refractivity contribution is 5.13.